The minimum Gasteiger partial charge on any atom is -0.398 e. The molecule has 1 aromatic heterocycles. The molecule has 0 amide bonds. The standard InChI is InChI=1S/C50H43N3/c1-3-13-35(30-31-52(39-17-7-8-18-39)47-23-11-4-14-34(47)2)38-25-28-48-45(33-38)50-44-21-12-20-41(43-19-9-10-22-46(43)51)42(44)27-29-49(50)53(48)40-26-24-36-15-5-6-16-37(36)32-40/h3-5,7-15,17,19-23,25,27-33H,1,6,16,18,24,26,51H2,2H3/b31-30-,35-13+. The number of benzene rings is 5. The average Bonchev–Trinajstić information content (AvgIpc) is 3.85. The van der Waals surface area contributed by atoms with E-state index in [-0.39, 0.29) is 0 Å². The Labute approximate surface area is 312 Å². The monoisotopic (exact) mass is 685 g/mol. The number of hydrogen-bond donors (Lipinski definition) is 1. The Morgan fingerprint density at radius 3 is 2.49 bits per heavy atom. The number of para-hydroxylation sites is 2. The molecule has 3 nitrogen and oxygen atoms in total. The molecule has 9 rings (SSSR count). The van der Waals surface area contributed by atoms with Gasteiger partial charge >= 0.3 is 0 Å². The van der Waals surface area contributed by atoms with Crippen molar-refractivity contribution in [2.75, 3.05) is 10.6 Å². The van der Waals surface area contributed by atoms with Crippen molar-refractivity contribution in [3.8, 4) is 11.1 Å². The first-order valence-electron chi connectivity index (χ1n) is 18.8. The van der Waals surface area contributed by atoms with E-state index in [1.807, 2.05) is 18.2 Å². The fourth-order valence-corrected chi connectivity index (χ4v) is 8.50. The molecule has 0 saturated heterocycles. The summed E-state index contributed by atoms with van der Waals surface area (Å²) in [6.07, 6.45) is 27.4. The molecule has 0 atom stereocenters. The van der Waals surface area contributed by atoms with Crippen molar-refractivity contribution < 1.29 is 0 Å². The Hall–Kier alpha value is -6.32. The number of fused-ring (bicyclic) bond motifs is 5. The lowest BCUT2D eigenvalue weighted by Gasteiger charge is -2.24. The van der Waals surface area contributed by atoms with E-state index >= 15 is 0 Å². The lowest BCUT2D eigenvalue weighted by Crippen LogP contribution is -2.15. The van der Waals surface area contributed by atoms with Crippen LogP contribution < -0.4 is 10.6 Å². The van der Waals surface area contributed by atoms with Gasteiger partial charge in [0, 0.05) is 51.7 Å². The van der Waals surface area contributed by atoms with E-state index < -0.39 is 0 Å². The lowest BCUT2D eigenvalue weighted by molar-refractivity contribution is 0.870. The van der Waals surface area contributed by atoms with Crippen LogP contribution in [0.4, 0.5) is 11.4 Å². The van der Waals surface area contributed by atoms with Gasteiger partial charge < -0.3 is 15.2 Å². The molecule has 6 aromatic rings. The van der Waals surface area contributed by atoms with E-state index in [4.69, 9.17) is 5.73 Å². The van der Waals surface area contributed by atoms with Crippen LogP contribution in [0.15, 0.2) is 181 Å². The Morgan fingerprint density at radius 2 is 1.64 bits per heavy atom. The van der Waals surface area contributed by atoms with Crippen LogP contribution >= 0.6 is 0 Å². The van der Waals surface area contributed by atoms with Gasteiger partial charge in [0.25, 0.3) is 0 Å². The molecule has 0 aliphatic heterocycles. The second-order valence-electron chi connectivity index (χ2n) is 14.3. The third-order valence-corrected chi connectivity index (χ3v) is 11.1. The molecule has 0 unspecified atom stereocenters. The van der Waals surface area contributed by atoms with Gasteiger partial charge in [0.05, 0.1) is 11.0 Å². The van der Waals surface area contributed by atoms with Crippen molar-refractivity contribution >= 4 is 55.2 Å². The Bertz CT molecular complexity index is 2680. The highest BCUT2D eigenvalue weighted by molar-refractivity contribution is 6.24. The molecule has 0 spiro atoms. The molecular weight excluding hydrogens is 643 g/mol. The molecule has 0 bridgehead atoms. The maximum atomic E-state index is 6.57. The summed E-state index contributed by atoms with van der Waals surface area (Å²) in [7, 11) is 0. The van der Waals surface area contributed by atoms with Gasteiger partial charge in [-0.2, -0.15) is 0 Å². The number of nitrogen functional groups attached to an aromatic ring is 1. The molecule has 0 saturated carbocycles. The fourth-order valence-electron chi connectivity index (χ4n) is 8.50. The quantitative estimate of drug-likeness (QED) is 0.128. The zero-order valence-corrected chi connectivity index (χ0v) is 30.2. The van der Waals surface area contributed by atoms with Crippen molar-refractivity contribution in [1.29, 1.82) is 0 Å². The first-order chi connectivity index (χ1) is 26.1. The van der Waals surface area contributed by atoms with Crippen molar-refractivity contribution in [2.45, 2.75) is 39.0 Å². The third kappa shape index (κ3) is 5.79. The Kier molecular flexibility index (Phi) is 8.40. The first kappa shape index (κ1) is 32.6. The van der Waals surface area contributed by atoms with E-state index in [1.165, 1.54) is 66.4 Å². The van der Waals surface area contributed by atoms with E-state index in [9.17, 15) is 0 Å². The number of hydrogen-bond acceptors (Lipinski definition) is 2. The summed E-state index contributed by atoms with van der Waals surface area (Å²) in [5, 5.41) is 4.95. The predicted octanol–water partition coefficient (Wildman–Crippen LogP) is 13.2. The summed E-state index contributed by atoms with van der Waals surface area (Å²) in [5.74, 6) is 0. The van der Waals surface area contributed by atoms with Crippen molar-refractivity contribution in [2.24, 2.45) is 0 Å². The molecule has 1 heterocycles. The van der Waals surface area contributed by atoms with Crippen LogP contribution in [0, 0.1) is 6.92 Å². The molecular formula is C50H43N3. The van der Waals surface area contributed by atoms with Crippen LogP contribution in [0.5, 0.6) is 0 Å². The fraction of sp³-hybridized carbons (Fsp3) is 0.120. The number of aryl methyl sites for hydroxylation is 1. The molecule has 3 aliphatic carbocycles. The molecule has 3 aliphatic rings. The zero-order chi connectivity index (χ0) is 35.9. The number of nitrogens with zero attached hydrogens (tertiary/aromatic N) is 2. The second kappa shape index (κ2) is 13.7. The summed E-state index contributed by atoms with van der Waals surface area (Å²) in [5.41, 5.74) is 22.3. The molecule has 0 radical (unpaired) electrons. The van der Waals surface area contributed by atoms with Crippen molar-refractivity contribution in [3.63, 3.8) is 0 Å². The highest BCUT2D eigenvalue weighted by Crippen LogP contribution is 2.43. The van der Waals surface area contributed by atoms with Crippen LogP contribution in [0.3, 0.4) is 0 Å². The van der Waals surface area contributed by atoms with Gasteiger partial charge in [-0.1, -0.05) is 110 Å². The molecule has 0 fully saturated rings. The largest absolute Gasteiger partial charge is 0.398 e. The van der Waals surface area contributed by atoms with E-state index in [1.54, 1.807) is 0 Å². The first-order valence-corrected chi connectivity index (χ1v) is 18.8. The van der Waals surface area contributed by atoms with Gasteiger partial charge in [-0.25, -0.2) is 0 Å². The highest BCUT2D eigenvalue weighted by Gasteiger charge is 2.22. The van der Waals surface area contributed by atoms with Gasteiger partial charge in [-0.3, -0.25) is 0 Å². The molecule has 2 N–H and O–H groups in total. The van der Waals surface area contributed by atoms with Crippen LogP contribution in [0.1, 0.15) is 43.2 Å². The highest BCUT2D eigenvalue weighted by atomic mass is 15.1. The van der Waals surface area contributed by atoms with Crippen molar-refractivity contribution in [1.82, 2.24) is 4.57 Å². The Morgan fingerprint density at radius 1 is 0.792 bits per heavy atom. The van der Waals surface area contributed by atoms with Gasteiger partial charge in [-0.15, -0.1) is 0 Å². The molecule has 258 valence electrons. The minimum absolute atomic E-state index is 0.790. The smallest absolute Gasteiger partial charge is 0.0544 e. The Balaban J connectivity index is 1.25. The van der Waals surface area contributed by atoms with Gasteiger partial charge in [-0.05, 0) is 125 Å². The number of rotatable bonds is 8. The number of allylic oxidation sites excluding steroid dienone is 13. The maximum Gasteiger partial charge on any atom is 0.0544 e. The summed E-state index contributed by atoms with van der Waals surface area (Å²) in [4.78, 5) is 2.32. The number of nitrogens with two attached hydrogens (primary N) is 1. The topological polar surface area (TPSA) is 34.2 Å². The predicted molar refractivity (Wildman–Crippen MR) is 229 cm³/mol. The second-order valence-corrected chi connectivity index (χ2v) is 14.3. The minimum atomic E-state index is 0.790. The third-order valence-electron chi connectivity index (χ3n) is 11.1. The SMILES string of the molecule is C=C/C=C(\C=C/N(C1=CC=CC1)c1ccccc1C)c1ccc2c(c1)c1c3cccc(-c4ccccc4N)c3ccc1n2C1=CC2=C(C=CCC2)CC1. The zero-order valence-electron chi connectivity index (χ0n) is 30.2. The van der Waals surface area contributed by atoms with E-state index in [0.717, 1.165) is 60.1 Å². The van der Waals surface area contributed by atoms with E-state index in [2.05, 4.69) is 163 Å². The summed E-state index contributed by atoms with van der Waals surface area (Å²) in [6, 6.07) is 35.1. The molecule has 3 heteroatoms. The van der Waals surface area contributed by atoms with Gasteiger partial charge in [0.2, 0.25) is 0 Å². The lowest BCUT2D eigenvalue weighted by atomic mass is 9.89. The van der Waals surface area contributed by atoms with Crippen LogP contribution in [0.2, 0.25) is 0 Å². The van der Waals surface area contributed by atoms with Crippen LogP contribution in [-0.4, -0.2) is 4.57 Å². The van der Waals surface area contributed by atoms with Crippen LogP contribution in [0.25, 0.3) is 55.0 Å². The molecule has 5 aromatic carbocycles. The average molecular weight is 686 g/mol. The number of aromatic nitrogens is 1. The molecule has 53 heavy (non-hydrogen) atoms. The normalized spacial score (nSPS) is 15.8. The van der Waals surface area contributed by atoms with Crippen LogP contribution in [-0.2, 0) is 0 Å². The maximum absolute atomic E-state index is 6.57. The van der Waals surface area contributed by atoms with Gasteiger partial charge in [0.15, 0.2) is 0 Å². The summed E-state index contributed by atoms with van der Waals surface area (Å²) >= 11 is 0. The summed E-state index contributed by atoms with van der Waals surface area (Å²) in [6.45, 7) is 6.30. The van der Waals surface area contributed by atoms with Crippen molar-refractivity contribution in [3.05, 3.63) is 192 Å². The number of anilines is 2. The van der Waals surface area contributed by atoms with Gasteiger partial charge in [0.1, 0.15) is 0 Å². The van der Waals surface area contributed by atoms with E-state index in [0.29, 0.717) is 0 Å². The summed E-state index contributed by atoms with van der Waals surface area (Å²) < 4.78 is 2.53.